The second kappa shape index (κ2) is 13.1. The van der Waals surface area contributed by atoms with E-state index in [0.29, 0.717) is 6.42 Å². The predicted octanol–water partition coefficient (Wildman–Crippen LogP) is 1.09. The van der Waals surface area contributed by atoms with Crippen molar-refractivity contribution in [3.05, 3.63) is 11.4 Å². The Hall–Kier alpha value is -0.450. The zero-order chi connectivity index (χ0) is 22.0. The number of hydrogen-bond donors (Lipinski definition) is 6. The summed E-state index contributed by atoms with van der Waals surface area (Å²) in [5.41, 5.74) is -0.894. The summed E-state index contributed by atoms with van der Waals surface area (Å²) >= 11 is 1.000. The van der Waals surface area contributed by atoms with Crippen molar-refractivity contribution in [2.45, 2.75) is 82.2 Å². The van der Waals surface area contributed by atoms with Crippen LogP contribution in [0.1, 0.15) is 52.4 Å². The number of carbonyl (C=O) groups is 1. The first-order valence-electron chi connectivity index (χ1n) is 9.88. The summed E-state index contributed by atoms with van der Waals surface area (Å²) in [5.74, 6) is -0.517. The van der Waals surface area contributed by atoms with E-state index in [0.717, 1.165) is 43.9 Å². The van der Waals surface area contributed by atoms with Crippen LogP contribution in [0, 0.1) is 0 Å². The molecule has 0 unspecified atom stereocenters. The molecule has 1 amide bonds. The Kier molecular flexibility index (Phi) is 12.0. The minimum absolute atomic E-state index is 0.0377. The summed E-state index contributed by atoms with van der Waals surface area (Å²) in [6.45, 7) is 2.82. The average molecular weight is 456 g/mol. The number of thioether (sulfide) groups is 1. The maximum Gasteiger partial charge on any atom is 0.352 e. The minimum Gasteiger partial charge on any atom is -0.394 e. The molecule has 11 heteroatoms. The molecule has 1 fully saturated rings. The quantitative estimate of drug-likeness (QED) is 0.187. The Morgan fingerprint density at radius 2 is 1.83 bits per heavy atom. The van der Waals surface area contributed by atoms with Gasteiger partial charge in [0.05, 0.1) is 12.6 Å². The van der Waals surface area contributed by atoms with Crippen molar-refractivity contribution in [1.29, 1.82) is 0 Å². The number of amides is 1. The first-order valence-corrected chi connectivity index (χ1v) is 12.5. The molecule has 0 aromatic heterocycles. The number of aliphatic hydroxyl groups is 3. The lowest BCUT2D eigenvalue weighted by Crippen LogP contribution is -2.63. The standard InChI is InChI=1S/C18H34NO8PS/c1-3-4-5-6-7-8-9-13(28(24,25)26)11-29-18-15(19-12(2)21)17(23)16(22)14(10-20)27-18/h9,14-18,20,22-23H,3-8,10-11H2,1-2H3,(H,19,21)(H2,24,25,26)/b13-9-/t14-,15-,16-,17-,18+/m1/s1. The third kappa shape index (κ3) is 9.06. The second-order valence-electron chi connectivity index (χ2n) is 7.19. The molecule has 1 aliphatic rings. The summed E-state index contributed by atoms with van der Waals surface area (Å²) < 4.78 is 17.4. The minimum atomic E-state index is -4.47. The van der Waals surface area contributed by atoms with Crippen molar-refractivity contribution in [2.24, 2.45) is 0 Å². The highest BCUT2D eigenvalue weighted by Crippen LogP contribution is 2.47. The van der Waals surface area contributed by atoms with Crippen LogP contribution < -0.4 is 5.32 Å². The van der Waals surface area contributed by atoms with Crippen LogP contribution in [0.2, 0.25) is 0 Å². The van der Waals surface area contributed by atoms with Gasteiger partial charge in [-0.2, -0.15) is 0 Å². The van der Waals surface area contributed by atoms with E-state index < -0.39 is 49.9 Å². The molecule has 0 radical (unpaired) electrons. The van der Waals surface area contributed by atoms with Crippen molar-refractivity contribution in [2.75, 3.05) is 12.4 Å². The Labute approximate surface area is 176 Å². The third-order valence-electron chi connectivity index (χ3n) is 4.71. The van der Waals surface area contributed by atoms with E-state index in [1.807, 2.05) is 0 Å². The van der Waals surface area contributed by atoms with E-state index in [4.69, 9.17) is 4.74 Å². The van der Waals surface area contributed by atoms with E-state index in [-0.39, 0.29) is 11.1 Å². The Morgan fingerprint density at radius 3 is 2.38 bits per heavy atom. The van der Waals surface area contributed by atoms with Gasteiger partial charge in [-0.15, -0.1) is 11.8 Å². The maximum absolute atomic E-state index is 11.8. The van der Waals surface area contributed by atoms with Gasteiger partial charge in [0.2, 0.25) is 5.91 Å². The molecule has 0 aliphatic carbocycles. The summed E-state index contributed by atoms with van der Waals surface area (Å²) in [6.07, 6.45) is 3.41. The molecule has 6 N–H and O–H groups in total. The number of ether oxygens (including phenoxy) is 1. The highest BCUT2D eigenvalue weighted by atomic mass is 32.2. The number of carbonyl (C=O) groups excluding carboxylic acids is 1. The molecule has 1 saturated heterocycles. The van der Waals surface area contributed by atoms with Gasteiger partial charge in [-0.25, -0.2) is 0 Å². The van der Waals surface area contributed by atoms with Gasteiger partial charge in [0.15, 0.2) is 0 Å². The molecule has 0 aromatic carbocycles. The van der Waals surface area contributed by atoms with Crippen molar-refractivity contribution < 1.29 is 39.2 Å². The molecule has 0 saturated carbocycles. The number of hydrogen-bond acceptors (Lipinski definition) is 7. The van der Waals surface area contributed by atoms with E-state index in [1.165, 1.54) is 6.92 Å². The van der Waals surface area contributed by atoms with Gasteiger partial charge in [0, 0.05) is 18.0 Å². The molecular formula is C18H34NO8PS. The van der Waals surface area contributed by atoms with Gasteiger partial charge in [-0.3, -0.25) is 9.36 Å². The van der Waals surface area contributed by atoms with Crippen LogP contribution in [0.5, 0.6) is 0 Å². The van der Waals surface area contributed by atoms with E-state index in [2.05, 4.69) is 12.2 Å². The number of allylic oxidation sites excluding steroid dienone is 1. The smallest absolute Gasteiger partial charge is 0.352 e. The monoisotopic (exact) mass is 455 g/mol. The van der Waals surface area contributed by atoms with E-state index >= 15 is 0 Å². The largest absolute Gasteiger partial charge is 0.394 e. The Bertz CT molecular complexity index is 584. The fourth-order valence-corrected chi connectivity index (χ4v) is 5.43. The SMILES string of the molecule is CCCCCCC/C=C(/CS[C@@H]1O[C@H](CO)[C@@H](O)[C@H](O)[C@H]1NC(C)=O)P(=O)(O)O. The molecule has 170 valence electrons. The fraction of sp³-hybridized carbons (Fsp3) is 0.833. The van der Waals surface area contributed by atoms with Crippen LogP contribution in [-0.4, -0.2) is 73.2 Å². The number of rotatable bonds is 12. The molecule has 29 heavy (non-hydrogen) atoms. The first-order chi connectivity index (χ1) is 13.6. The van der Waals surface area contributed by atoms with Crippen molar-refractivity contribution in [1.82, 2.24) is 5.32 Å². The third-order valence-corrected chi connectivity index (χ3v) is 7.22. The number of unbranched alkanes of at least 4 members (excludes halogenated alkanes) is 5. The van der Waals surface area contributed by atoms with Gasteiger partial charge in [0.25, 0.3) is 0 Å². The molecule has 0 bridgehead atoms. The molecule has 5 atom stereocenters. The number of nitrogens with one attached hydrogen (secondary N) is 1. The lowest BCUT2D eigenvalue weighted by atomic mass is 9.98. The molecule has 1 aliphatic heterocycles. The lowest BCUT2D eigenvalue weighted by Gasteiger charge is -2.42. The van der Waals surface area contributed by atoms with Gasteiger partial charge in [-0.1, -0.05) is 38.7 Å². The maximum atomic E-state index is 11.8. The van der Waals surface area contributed by atoms with Gasteiger partial charge < -0.3 is 35.2 Å². The van der Waals surface area contributed by atoms with Gasteiger partial charge in [0.1, 0.15) is 23.7 Å². The molecule has 1 rings (SSSR count). The average Bonchev–Trinajstić information content (AvgIpc) is 2.64. The van der Waals surface area contributed by atoms with Gasteiger partial charge >= 0.3 is 7.60 Å². The van der Waals surface area contributed by atoms with Crippen LogP contribution in [0.3, 0.4) is 0 Å². The molecular weight excluding hydrogens is 421 g/mol. The van der Waals surface area contributed by atoms with Crippen molar-refractivity contribution in [3.8, 4) is 0 Å². The highest BCUT2D eigenvalue weighted by molar-refractivity contribution is 8.00. The van der Waals surface area contributed by atoms with Crippen molar-refractivity contribution >= 4 is 25.3 Å². The van der Waals surface area contributed by atoms with Crippen LogP contribution in [0.4, 0.5) is 0 Å². The normalized spacial score (nSPS) is 28.4. The summed E-state index contributed by atoms with van der Waals surface area (Å²) in [5, 5.41) is 32.1. The van der Waals surface area contributed by atoms with Crippen LogP contribution in [-0.2, 0) is 14.1 Å². The Balaban J connectivity index is 2.80. The predicted molar refractivity (Wildman–Crippen MR) is 111 cm³/mol. The summed E-state index contributed by atoms with van der Waals surface area (Å²) in [4.78, 5) is 30.7. The topological polar surface area (TPSA) is 157 Å². The fourth-order valence-electron chi connectivity index (χ4n) is 3.06. The van der Waals surface area contributed by atoms with Crippen LogP contribution >= 0.6 is 19.4 Å². The lowest BCUT2D eigenvalue weighted by molar-refractivity contribution is -0.173. The first kappa shape index (κ1) is 26.6. The molecule has 0 spiro atoms. The van der Waals surface area contributed by atoms with Crippen molar-refractivity contribution in [3.63, 3.8) is 0 Å². The molecule has 9 nitrogen and oxygen atoms in total. The van der Waals surface area contributed by atoms with Crippen LogP contribution in [0.25, 0.3) is 0 Å². The Morgan fingerprint density at radius 1 is 1.17 bits per heavy atom. The van der Waals surface area contributed by atoms with E-state index in [9.17, 15) is 34.5 Å². The summed E-state index contributed by atoms with van der Waals surface area (Å²) in [6, 6.07) is -0.984. The summed E-state index contributed by atoms with van der Waals surface area (Å²) in [7, 11) is -4.47. The zero-order valence-electron chi connectivity index (χ0n) is 16.9. The second-order valence-corrected chi connectivity index (χ2v) is 9.94. The van der Waals surface area contributed by atoms with Crippen LogP contribution in [0.15, 0.2) is 11.4 Å². The highest BCUT2D eigenvalue weighted by Gasteiger charge is 2.45. The van der Waals surface area contributed by atoms with E-state index in [1.54, 1.807) is 6.08 Å². The van der Waals surface area contributed by atoms with Gasteiger partial charge in [-0.05, 0) is 12.8 Å². The molecule has 0 aromatic rings. The molecule has 1 heterocycles. The number of aliphatic hydroxyl groups excluding tert-OH is 3. The zero-order valence-corrected chi connectivity index (χ0v) is 18.6.